The summed E-state index contributed by atoms with van der Waals surface area (Å²) in [6.45, 7) is 5.93. The fraction of sp³-hybridized carbons (Fsp3) is 0.667. The number of rotatable bonds is 3. The predicted octanol–water partition coefficient (Wildman–Crippen LogP) is 2.23. The molecule has 0 aromatic carbocycles. The second-order valence-corrected chi connectivity index (χ2v) is 7.23. The molecule has 25 heavy (non-hydrogen) atoms. The van der Waals surface area contributed by atoms with E-state index in [0.29, 0.717) is 0 Å². The van der Waals surface area contributed by atoms with Gasteiger partial charge in [0.05, 0.1) is 24.4 Å². The number of hydrogen-bond donors (Lipinski definition) is 0. The second-order valence-electron chi connectivity index (χ2n) is 7.23. The highest BCUT2D eigenvalue weighted by molar-refractivity contribution is 6.62. The van der Waals surface area contributed by atoms with Crippen molar-refractivity contribution in [2.24, 2.45) is 0 Å². The number of halogens is 4. The van der Waals surface area contributed by atoms with E-state index < -0.39 is 55.0 Å². The average Bonchev–Trinajstić information content (AvgIpc) is 2.62. The van der Waals surface area contributed by atoms with Crippen LogP contribution in [0.2, 0.25) is 0 Å². The van der Waals surface area contributed by atoms with Gasteiger partial charge in [-0.25, -0.2) is 9.37 Å². The summed E-state index contributed by atoms with van der Waals surface area (Å²) in [7, 11) is -0.871. The summed E-state index contributed by atoms with van der Waals surface area (Å²) >= 11 is 0. The number of ether oxygens (including phenoxy) is 2. The minimum Gasteiger partial charge on any atom is -0.454 e. The molecule has 0 N–H and O–H groups in total. The summed E-state index contributed by atoms with van der Waals surface area (Å²) in [6, 6.07) is 1.01. The van der Waals surface area contributed by atoms with Crippen molar-refractivity contribution in [2.45, 2.75) is 50.7 Å². The molecule has 3 heterocycles. The molecule has 3 rings (SSSR count). The van der Waals surface area contributed by atoms with Gasteiger partial charge >= 0.3 is 13.3 Å². The minimum absolute atomic E-state index is 0.259. The van der Waals surface area contributed by atoms with Crippen molar-refractivity contribution in [1.29, 1.82) is 0 Å². The van der Waals surface area contributed by atoms with Crippen LogP contribution in [0.1, 0.15) is 27.7 Å². The first-order valence-corrected chi connectivity index (χ1v) is 7.71. The maximum absolute atomic E-state index is 14.3. The van der Waals surface area contributed by atoms with Gasteiger partial charge in [-0.15, -0.1) is 0 Å². The topological polar surface area (TPSA) is 49.8 Å². The summed E-state index contributed by atoms with van der Waals surface area (Å²) in [5, 5.41) is 0. The Morgan fingerprint density at radius 1 is 1.12 bits per heavy atom. The Morgan fingerprint density at radius 2 is 1.68 bits per heavy atom. The molecule has 0 aliphatic carbocycles. The summed E-state index contributed by atoms with van der Waals surface area (Å²) in [4.78, 5) is 3.69. The van der Waals surface area contributed by atoms with Crippen LogP contribution < -0.4 is 10.2 Å². The number of aromatic nitrogens is 1. The predicted molar refractivity (Wildman–Crippen MR) is 80.1 cm³/mol. The van der Waals surface area contributed by atoms with Gasteiger partial charge in [0.2, 0.25) is 0 Å². The fourth-order valence-corrected chi connectivity index (χ4v) is 2.38. The Hall–Kier alpha value is -1.39. The smallest absolute Gasteiger partial charge is 0.454 e. The quantitative estimate of drug-likeness (QED) is 0.609. The van der Waals surface area contributed by atoms with Crippen LogP contribution in [0.25, 0.3) is 0 Å². The van der Waals surface area contributed by atoms with Gasteiger partial charge in [-0.3, -0.25) is 0 Å². The third kappa shape index (κ3) is 3.00. The van der Waals surface area contributed by atoms with Crippen LogP contribution in [0.5, 0.6) is 5.88 Å². The molecule has 0 saturated carbocycles. The summed E-state index contributed by atoms with van der Waals surface area (Å²) < 4.78 is 74.4. The lowest BCUT2D eigenvalue weighted by Crippen LogP contribution is -2.64. The molecule has 0 spiro atoms. The molecule has 2 aliphatic rings. The minimum atomic E-state index is -4.69. The van der Waals surface area contributed by atoms with Crippen molar-refractivity contribution in [1.82, 2.24) is 4.98 Å². The highest BCUT2D eigenvalue weighted by atomic mass is 19.4. The SMILES string of the molecule is CC1(C)OB(c2cnc(OC3(C(F)(F)F)COC3)c(F)c2)OC1(C)C. The molecule has 0 radical (unpaired) electrons. The van der Waals surface area contributed by atoms with E-state index in [9.17, 15) is 17.6 Å². The lowest BCUT2D eigenvalue weighted by Gasteiger charge is -2.41. The van der Waals surface area contributed by atoms with Crippen molar-refractivity contribution >= 4 is 12.6 Å². The van der Waals surface area contributed by atoms with Gasteiger partial charge in [0.15, 0.2) is 5.82 Å². The average molecular weight is 363 g/mol. The van der Waals surface area contributed by atoms with Gasteiger partial charge < -0.3 is 18.8 Å². The molecule has 0 unspecified atom stereocenters. The lowest BCUT2D eigenvalue weighted by molar-refractivity contribution is -0.323. The first-order chi connectivity index (χ1) is 11.4. The summed E-state index contributed by atoms with van der Waals surface area (Å²) in [5.41, 5.74) is -3.57. The Labute approximate surface area is 142 Å². The molecule has 138 valence electrons. The standard InChI is InChI=1S/C15H18BF4NO4/c1-12(2)13(3,4)25-16(24-12)9-5-10(17)11(21-6-9)23-14(7-22-8-14)15(18,19)20/h5-6H,7-8H2,1-4H3. The first kappa shape index (κ1) is 18.4. The van der Waals surface area contributed by atoms with Gasteiger partial charge in [-0.2, -0.15) is 13.2 Å². The molecule has 0 atom stereocenters. The second kappa shape index (κ2) is 5.55. The van der Waals surface area contributed by atoms with Crippen LogP contribution in [0, 0.1) is 5.82 Å². The third-order valence-electron chi connectivity index (χ3n) is 4.83. The van der Waals surface area contributed by atoms with Gasteiger partial charge in [-0.1, -0.05) is 0 Å². The van der Waals surface area contributed by atoms with E-state index in [1.807, 2.05) is 27.7 Å². The maximum Gasteiger partial charge on any atom is 0.496 e. The van der Waals surface area contributed by atoms with Crippen molar-refractivity contribution in [2.75, 3.05) is 13.2 Å². The van der Waals surface area contributed by atoms with Gasteiger partial charge in [0.1, 0.15) is 0 Å². The van der Waals surface area contributed by atoms with Crippen molar-refractivity contribution in [3.8, 4) is 5.88 Å². The molecular weight excluding hydrogens is 345 g/mol. The number of hydrogen-bond acceptors (Lipinski definition) is 5. The molecular formula is C15H18BF4NO4. The summed E-state index contributed by atoms with van der Waals surface area (Å²) in [5.74, 6) is -1.76. The first-order valence-electron chi connectivity index (χ1n) is 7.71. The number of alkyl halides is 3. The van der Waals surface area contributed by atoms with Crippen molar-refractivity contribution in [3.05, 3.63) is 18.1 Å². The van der Waals surface area contributed by atoms with Crippen LogP contribution in [0.15, 0.2) is 12.3 Å². The molecule has 5 nitrogen and oxygen atoms in total. The highest BCUT2D eigenvalue weighted by Crippen LogP contribution is 2.40. The Morgan fingerprint density at radius 3 is 2.08 bits per heavy atom. The molecule has 0 bridgehead atoms. The zero-order valence-electron chi connectivity index (χ0n) is 14.2. The summed E-state index contributed by atoms with van der Waals surface area (Å²) in [6.07, 6.45) is -3.51. The van der Waals surface area contributed by atoms with E-state index >= 15 is 0 Å². The Balaban J connectivity index is 1.81. The third-order valence-corrected chi connectivity index (χ3v) is 4.83. The van der Waals surface area contributed by atoms with E-state index in [-0.39, 0.29) is 5.46 Å². The Kier molecular flexibility index (Phi) is 4.09. The van der Waals surface area contributed by atoms with Gasteiger partial charge in [0.25, 0.3) is 11.5 Å². The largest absolute Gasteiger partial charge is 0.496 e. The monoisotopic (exact) mass is 363 g/mol. The highest BCUT2D eigenvalue weighted by Gasteiger charge is 2.63. The molecule has 10 heteroatoms. The maximum atomic E-state index is 14.3. The van der Waals surface area contributed by atoms with E-state index in [1.54, 1.807) is 0 Å². The zero-order chi connectivity index (χ0) is 18.7. The fourth-order valence-electron chi connectivity index (χ4n) is 2.38. The van der Waals surface area contributed by atoms with Gasteiger partial charge in [0, 0.05) is 11.7 Å². The van der Waals surface area contributed by atoms with Crippen molar-refractivity contribution in [3.63, 3.8) is 0 Å². The van der Waals surface area contributed by atoms with E-state index in [1.165, 1.54) is 6.20 Å². The number of nitrogens with zero attached hydrogens (tertiary/aromatic N) is 1. The molecule has 1 aromatic heterocycles. The number of pyridine rings is 1. The normalized spacial score (nSPS) is 24.1. The van der Waals surface area contributed by atoms with E-state index in [2.05, 4.69) is 9.72 Å². The molecule has 2 saturated heterocycles. The molecule has 2 aliphatic heterocycles. The van der Waals surface area contributed by atoms with Crippen LogP contribution in [-0.2, 0) is 14.0 Å². The molecule has 1 aromatic rings. The van der Waals surface area contributed by atoms with E-state index in [0.717, 1.165) is 6.07 Å². The lowest BCUT2D eigenvalue weighted by atomic mass is 9.80. The molecule has 2 fully saturated rings. The molecule has 0 amide bonds. The zero-order valence-corrected chi connectivity index (χ0v) is 14.2. The van der Waals surface area contributed by atoms with Crippen LogP contribution in [-0.4, -0.2) is 48.3 Å². The van der Waals surface area contributed by atoms with Gasteiger partial charge in [-0.05, 0) is 33.8 Å². The van der Waals surface area contributed by atoms with Crippen LogP contribution in [0.4, 0.5) is 17.6 Å². The van der Waals surface area contributed by atoms with Crippen LogP contribution >= 0.6 is 0 Å². The van der Waals surface area contributed by atoms with Crippen molar-refractivity contribution < 1.29 is 36.3 Å². The van der Waals surface area contributed by atoms with Crippen LogP contribution in [0.3, 0.4) is 0 Å². The Bertz CT molecular complexity index is 660. The van der Waals surface area contributed by atoms with E-state index in [4.69, 9.17) is 14.0 Å².